The monoisotopic (exact) mass is 569 g/mol. The number of anilines is 1. The Hall–Kier alpha value is -4.48. The van der Waals surface area contributed by atoms with Crippen molar-refractivity contribution in [1.29, 1.82) is 0 Å². The van der Waals surface area contributed by atoms with Gasteiger partial charge in [0.1, 0.15) is 17.3 Å². The van der Waals surface area contributed by atoms with E-state index in [0.29, 0.717) is 29.2 Å². The van der Waals surface area contributed by atoms with E-state index in [1.807, 2.05) is 31.2 Å². The normalized spacial score (nSPS) is 15.2. The Morgan fingerprint density at radius 2 is 1.93 bits per heavy atom. The van der Waals surface area contributed by atoms with Gasteiger partial charge in [0, 0.05) is 45.9 Å². The number of nitrogens with zero attached hydrogens (tertiary/aromatic N) is 5. The van der Waals surface area contributed by atoms with Crippen molar-refractivity contribution in [2.75, 3.05) is 18.0 Å². The molecule has 2 amide bonds. The standard InChI is InChI=1S/C30H28FN7O2S/c1-17-12-19(6-7-21(17)28(32)39)27-14-23-26(41-27)9-11-34-29(23)38(20-4-3-10-33-15-20)30(40)22-8-5-18(13-24(22)31)25-16-37(2)36-35-25/h5-9,11-14,16,20,33H,3-4,10,15H2,1-2H3,(H2,32,39)/t20-/m1/s1. The van der Waals surface area contributed by atoms with Crippen molar-refractivity contribution in [2.45, 2.75) is 25.8 Å². The smallest absolute Gasteiger partial charge is 0.262 e. The second-order valence-electron chi connectivity index (χ2n) is 10.2. The number of primary amides is 1. The number of amides is 2. The highest BCUT2D eigenvalue weighted by Gasteiger charge is 2.32. The summed E-state index contributed by atoms with van der Waals surface area (Å²) < 4.78 is 18.0. The van der Waals surface area contributed by atoms with Gasteiger partial charge in [-0.2, -0.15) is 0 Å². The molecule has 0 radical (unpaired) electrons. The predicted molar refractivity (Wildman–Crippen MR) is 157 cm³/mol. The van der Waals surface area contributed by atoms with Crippen LogP contribution in [0.5, 0.6) is 0 Å². The zero-order valence-corrected chi connectivity index (χ0v) is 23.4. The lowest BCUT2D eigenvalue weighted by Crippen LogP contribution is -2.49. The summed E-state index contributed by atoms with van der Waals surface area (Å²) in [7, 11) is 1.74. The minimum absolute atomic E-state index is 0.0323. The third-order valence-electron chi connectivity index (χ3n) is 7.38. The molecule has 11 heteroatoms. The van der Waals surface area contributed by atoms with Crippen molar-refractivity contribution >= 4 is 39.1 Å². The summed E-state index contributed by atoms with van der Waals surface area (Å²) in [5, 5.41) is 12.1. The van der Waals surface area contributed by atoms with E-state index in [1.165, 1.54) is 12.1 Å². The van der Waals surface area contributed by atoms with Gasteiger partial charge in [0.25, 0.3) is 5.91 Å². The number of carbonyl (C=O) groups is 2. The molecule has 1 saturated heterocycles. The fourth-order valence-electron chi connectivity index (χ4n) is 5.32. The lowest BCUT2D eigenvalue weighted by Gasteiger charge is -2.34. The summed E-state index contributed by atoms with van der Waals surface area (Å²) in [6.45, 7) is 3.29. The second kappa shape index (κ2) is 10.8. The molecule has 41 heavy (non-hydrogen) atoms. The number of nitrogens with one attached hydrogen (secondary N) is 1. The molecule has 0 unspecified atom stereocenters. The van der Waals surface area contributed by atoms with Crippen molar-refractivity contribution in [3.8, 4) is 21.7 Å². The van der Waals surface area contributed by atoms with Gasteiger partial charge in [-0.05, 0) is 73.8 Å². The van der Waals surface area contributed by atoms with Crippen LogP contribution in [0.3, 0.4) is 0 Å². The minimum Gasteiger partial charge on any atom is -0.366 e. The summed E-state index contributed by atoms with van der Waals surface area (Å²) in [6, 6.07) is 13.8. The van der Waals surface area contributed by atoms with Gasteiger partial charge in [-0.15, -0.1) is 16.4 Å². The molecule has 6 rings (SSSR count). The lowest BCUT2D eigenvalue weighted by atomic mass is 10.0. The number of nitrogens with two attached hydrogens (primary N) is 1. The topological polar surface area (TPSA) is 119 Å². The molecule has 2 aromatic carbocycles. The number of fused-ring (bicyclic) bond motifs is 1. The SMILES string of the molecule is Cc1cc(-c2cc3c(N(C(=O)c4ccc(-c5cn(C)nn5)cc4F)[C@@H]4CCCNC4)nccc3s2)ccc1C(N)=O. The number of aromatic nitrogens is 4. The number of pyridine rings is 1. The molecule has 1 atom stereocenters. The Labute approximate surface area is 239 Å². The Bertz CT molecular complexity index is 1790. The van der Waals surface area contributed by atoms with E-state index in [1.54, 1.807) is 52.5 Å². The first kappa shape index (κ1) is 26.7. The molecule has 4 heterocycles. The van der Waals surface area contributed by atoms with Crippen LogP contribution in [0.1, 0.15) is 39.1 Å². The fourth-order valence-corrected chi connectivity index (χ4v) is 6.37. The number of hydrogen-bond acceptors (Lipinski definition) is 7. The quantitative estimate of drug-likeness (QED) is 0.306. The average molecular weight is 570 g/mol. The number of halogens is 1. The molecule has 9 nitrogen and oxygen atoms in total. The van der Waals surface area contributed by atoms with Gasteiger partial charge < -0.3 is 11.1 Å². The fraction of sp³-hybridized carbons (Fsp3) is 0.233. The van der Waals surface area contributed by atoms with Crippen LogP contribution in [0, 0.1) is 12.7 Å². The molecule has 0 bridgehead atoms. The van der Waals surface area contributed by atoms with Crippen molar-refractivity contribution in [1.82, 2.24) is 25.3 Å². The van der Waals surface area contributed by atoms with Crippen LogP contribution in [0.25, 0.3) is 31.8 Å². The zero-order valence-electron chi connectivity index (χ0n) is 22.6. The van der Waals surface area contributed by atoms with E-state index in [4.69, 9.17) is 5.73 Å². The molecule has 208 valence electrons. The maximum atomic E-state index is 15.5. The maximum absolute atomic E-state index is 15.5. The van der Waals surface area contributed by atoms with Crippen LogP contribution in [0.2, 0.25) is 0 Å². The number of hydrogen-bond donors (Lipinski definition) is 2. The van der Waals surface area contributed by atoms with E-state index in [-0.39, 0.29) is 11.6 Å². The number of benzene rings is 2. The lowest BCUT2D eigenvalue weighted by molar-refractivity contribution is 0.0966. The predicted octanol–water partition coefficient (Wildman–Crippen LogP) is 4.70. The molecular weight excluding hydrogens is 541 g/mol. The molecule has 0 saturated carbocycles. The van der Waals surface area contributed by atoms with Crippen LogP contribution in [-0.4, -0.2) is 50.9 Å². The van der Waals surface area contributed by atoms with Gasteiger partial charge in [-0.1, -0.05) is 17.3 Å². The molecule has 1 fully saturated rings. The first-order valence-electron chi connectivity index (χ1n) is 13.3. The summed E-state index contributed by atoms with van der Waals surface area (Å²) >= 11 is 1.57. The van der Waals surface area contributed by atoms with Gasteiger partial charge in [0.2, 0.25) is 5.91 Å². The number of piperidine rings is 1. The zero-order chi connectivity index (χ0) is 28.7. The van der Waals surface area contributed by atoms with Crippen molar-refractivity contribution in [3.05, 3.63) is 83.4 Å². The van der Waals surface area contributed by atoms with Gasteiger partial charge in [-0.3, -0.25) is 19.2 Å². The number of thiophene rings is 1. The summed E-state index contributed by atoms with van der Waals surface area (Å²) in [5.74, 6) is -1.05. The highest BCUT2D eigenvalue weighted by atomic mass is 32.1. The largest absolute Gasteiger partial charge is 0.366 e. The average Bonchev–Trinajstić information content (AvgIpc) is 3.60. The van der Waals surface area contributed by atoms with Crippen LogP contribution in [0.15, 0.2) is 60.9 Å². The molecular formula is C30H28FN7O2S. The van der Waals surface area contributed by atoms with Crippen LogP contribution < -0.4 is 16.0 Å². The van der Waals surface area contributed by atoms with Crippen molar-refractivity contribution in [2.24, 2.45) is 12.8 Å². The number of aryl methyl sites for hydroxylation is 2. The molecule has 0 aliphatic carbocycles. The Kier molecular flexibility index (Phi) is 7.06. The van der Waals surface area contributed by atoms with Gasteiger partial charge in [0.15, 0.2) is 0 Å². The minimum atomic E-state index is -0.630. The van der Waals surface area contributed by atoms with Crippen molar-refractivity contribution in [3.63, 3.8) is 0 Å². The van der Waals surface area contributed by atoms with Crippen LogP contribution in [0.4, 0.5) is 10.2 Å². The summed E-state index contributed by atoms with van der Waals surface area (Å²) in [6.07, 6.45) is 5.03. The van der Waals surface area contributed by atoms with Crippen molar-refractivity contribution < 1.29 is 14.0 Å². The Morgan fingerprint density at radius 3 is 2.61 bits per heavy atom. The van der Waals surface area contributed by atoms with Gasteiger partial charge in [0.05, 0.1) is 17.8 Å². The van der Waals surface area contributed by atoms with Gasteiger partial charge in [-0.25, -0.2) is 9.37 Å². The third-order valence-corrected chi connectivity index (χ3v) is 8.53. The molecule has 3 aromatic heterocycles. The van der Waals surface area contributed by atoms with Gasteiger partial charge >= 0.3 is 0 Å². The van der Waals surface area contributed by atoms with E-state index in [0.717, 1.165) is 45.5 Å². The summed E-state index contributed by atoms with van der Waals surface area (Å²) in [5.41, 5.74) is 8.72. The van der Waals surface area contributed by atoms with E-state index in [9.17, 15) is 9.59 Å². The van der Waals surface area contributed by atoms with E-state index < -0.39 is 17.6 Å². The first-order valence-corrected chi connectivity index (χ1v) is 14.1. The number of rotatable bonds is 6. The third kappa shape index (κ3) is 5.09. The Balaban J connectivity index is 1.42. The highest BCUT2D eigenvalue weighted by molar-refractivity contribution is 7.22. The number of carbonyl (C=O) groups excluding carboxylic acids is 2. The second-order valence-corrected chi connectivity index (χ2v) is 11.3. The molecule has 0 spiro atoms. The Morgan fingerprint density at radius 1 is 1.12 bits per heavy atom. The maximum Gasteiger partial charge on any atom is 0.262 e. The summed E-state index contributed by atoms with van der Waals surface area (Å²) in [4.78, 5) is 33.1. The molecule has 3 N–H and O–H groups in total. The molecule has 1 aliphatic rings. The van der Waals surface area contributed by atoms with Crippen LogP contribution >= 0.6 is 11.3 Å². The van der Waals surface area contributed by atoms with E-state index in [2.05, 4.69) is 20.6 Å². The first-order chi connectivity index (χ1) is 19.8. The van der Waals surface area contributed by atoms with Crippen LogP contribution in [-0.2, 0) is 7.05 Å². The van der Waals surface area contributed by atoms with E-state index >= 15 is 4.39 Å². The molecule has 1 aliphatic heterocycles. The molecule has 5 aromatic rings. The highest BCUT2D eigenvalue weighted by Crippen LogP contribution is 2.39.